The van der Waals surface area contributed by atoms with Crippen molar-refractivity contribution in [3.05, 3.63) is 40.4 Å². The highest BCUT2D eigenvalue weighted by molar-refractivity contribution is 7.15. The number of nitrogens with two attached hydrogens (primary N) is 1. The molecule has 0 fully saturated rings. The van der Waals surface area contributed by atoms with Crippen molar-refractivity contribution < 1.29 is 0 Å². The molecule has 0 aliphatic rings. The van der Waals surface area contributed by atoms with E-state index in [4.69, 9.17) is 5.73 Å². The van der Waals surface area contributed by atoms with Crippen LogP contribution in [0.5, 0.6) is 0 Å². The number of aryl methyl sites for hydroxylation is 2. The van der Waals surface area contributed by atoms with E-state index in [1.807, 2.05) is 12.1 Å². The molecule has 0 radical (unpaired) electrons. The molecule has 0 saturated heterocycles. The molecule has 1 aromatic carbocycles. The second kappa shape index (κ2) is 4.76. The predicted octanol–water partition coefficient (Wildman–Crippen LogP) is 3.14. The highest BCUT2D eigenvalue weighted by atomic mass is 32.1. The quantitative estimate of drug-likeness (QED) is 0.883. The van der Waals surface area contributed by atoms with Crippen LogP contribution in [-0.2, 0) is 13.0 Å². The summed E-state index contributed by atoms with van der Waals surface area (Å²) in [5.74, 6) is 0. The second-order valence-corrected chi connectivity index (χ2v) is 4.98. The van der Waals surface area contributed by atoms with Crippen molar-refractivity contribution in [3.8, 4) is 10.6 Å². The van der Waals surface area contributed by atoms with E-state index in [0.29, 0.717) is 6.54 Å². The zero-order valence-electron chi connectivity index (χ0n) is 9.66. The molecule has 1 aromatic heterocycles. The van der Waals surface area contributed by atoms with E-state index in [1.165, 1.54) is 16.1 Å². The largest absolute Gasteiger partial charge is 0.326 e. The van der Waals surface area contributed by atoms with Crippen LogP contribution < -0.4 is 5.73 Å². The molecule has 0 bridgehead atoms. The standard InChI is InChI=1S/C13H16N2S/c1-3-12-9(2)16-13(15-12)11-6-4-5-10(7-11)8-14/h4-7H,3,8,14H2,1-2H3. The molecular weight excluding hydrogens is 216 g/mol. The summed E-state index contributed by atoms with van der Waals surface area (Å²) in [6, 6.07) is 8.30. The second-order valence-electron chi connectivity index (χ2n) is 3.78. The van der Waals surface area contributed by atoms with Gasteiger partial charge in [-0.2, -0.15) is 0 Å². The van der Waals surface area contributed by atoms with Crippen LogP contribution in [0.4, 0.5) is 0 Å². The average Bonchev–Trinajstić information content (AvgIpc) is 2.71. The summed E-state index contributed by atoms with van der Waals surface area (Å²) in [6.07, 6.45) is 0.999. The Morgan fingerprint density at radius 1 is 1.38 bits per heavy atom. The summed E-state index contributed by atoms with van der Waals surface area (Å²) in [6.45, 7) is 4.85. The van der Waals surface area contributed by atoms with Crippen LogP contribution in [0.15, 0.2) is 24.3 Å². The first-order valence-corrected chi connectivity index (χ1v) is 6.32. The number of hydrogen-bond donors (Lipinski definition) is 1. The van der Waals surface area contributed by atoms with Gasteiger partial charge in [0.2, 0.25) is 0 Å². The smallest absolute Gasteiger partial charge is 0.123 e. The van der Waals surface area contributed by atoms with E-state index in [2.05, 4.69) is 31.0 Å². The zero-order chi connectivity index (χ0) is 11.5. The maximum absolute atomic E-state index is 5.64. The van der Waals surface area contributed by atoms with Gasteiger partial charge in [0.1, 0.15) is 5.01 Å². The Hall–Kier alpha value is -1.19. The first-order valence-electron chi connectivity index (χ1n) is 5.50. The maximum Gasteiger partial charge on any atom is 0.123 e. The Kier molecular flexibility index (Phi) is 3.36. The van der Waals surface area contributed by atoms with Gasteiger partial charge in [-0.05, 0) is 25.0 Å². The molecule has 2 N–H and O–H groups in total. The van der Waals surface area contributed by atoms with Crippen molar-refractivity contribution in [1.82, 2.24) is 4.98 Å². The van der Waals surface area contributed by atoms with Crippen LogP contribution in [0.25, 0.3) is 10.6 Å². The highest BCUT2D eigenvalue weighted by Crippen LogP contribution is 2.28. The Morgan fingerprint density at radius 2 is 2.19 bits per heavy atom. The third-order valence-electron chi connectivity index (χ3n) is 2.64. The number of rotatable bonds is 3. The van der Waals surface area contributed by atoms with E-state index in [1.54, 1.807) is 11.3 Å². The Morgan fingerprint density at radius 3 is 2.81 bits per heavy atom. The highest BCUT2D eigenvalue weighted by Gasteiger charge is 2.07. The van der Waals surface area contributed by atoms with Gasteiger partial charge in [-0.25, -0.2) is 4.98 Å². The molecule has 0 atom stereocenters. The minimum absolute atomic E-state index is 0.582. The minimum Gasteiger partial charge on any atom is -0.326 e. The molecule has 84 valence electrons. The van der Waals surface area contributed by atoms with E-state index >= 15 is 0 Å². The van der Waals surface area contributed by atoms with Crippen LogP contribution in [0.3, 0.4) is 0 Å². The van der Waals surface area contributed by atoms with Gasteiger partial charge in [-0.15, -0.1) is 11.3 Å². The molecule has 0 aliphatic heterocycles. The number of nitrogens with zero attached hydrogens (tertiary/aromatic N) is 1. The van der Waals surface area contributed by atoms with Crippen molar-refractivity contribution in [2.45, 2.75) is 26.8 Å². The van der Waals surface area contributed by atoms with Crippen molar-refractivity contribution >= 4 is 11.3 Å². The summed E-state index contributed by atoms with van der Waals surface area (Å²) in [7, 11) is 0. The first-order chi connectivity index (χ1) is 7.74. The molecule has 0 unspecified atom stereocenters. The van der Waals surface area contributed by atoms with Crippen LogP contribution in [0.1, 0.15) is 23.1 Å². The van der Waals surface area contributed by atoms with Gasteiger partial charge in [-0.3, -0.25) is 0 Å². The fourth-order valence-corrected chi connectivity index (χ4v) is 2.71. The van der Waals surface area contributed by atoms with E-state index < -0.39 is 0 Å². The van der Waals surface area contributed by atoms with Gasteiger partial charge < -0.3 is 5.73 Å². The average molecular weight is 232 g/mol. The SMILES string of the molecule is CCc1nc(-c2cccc(CN)c2)sc1C. The number of thiazole rings is 1. The lowest BCUT2D eigenvalue weighted by Crippen LogP contribution is -1.95. The Balaban J connectivity index is 2.41. The van der Waals surface area contributed by atoms with Crippen LogP contribution in [0, 0.1) is 6.92 Å². The van der Waals surface area contributed by atoms with Crippen molar-refractivity contribution in [2.75, 3.05) is 0 Å². The molecule has 0 amide bonds. The lowest BCUT2D eigenvalue weighted by Gasteiger charge is -1.99. The van der Waals surface area contributed by atoms with E-state index in [9.17, 15) is 0 Å². The third kappa shape index (κ3) is 2.15. The lowest BCUT2D eigenvalue weighted by atomic mass is 10.1. The first kappa shape index (κ1) is 11.3. The number of aromatic nitrogens is 1. The third-order valence-corrected chi connectivity index (χ3v) is 3.70. The molecule has 0 aliphatic carbocycles. The Bertz CT molecular complexity index is 488. The predicted molar refractivity (Wildman–Crippen MR) is 69.6 cm³/mol. The summed E-state index contributed by atoms with van der Waals surface area (Å²) >= 11 is 1.76. The Labute approximate surface area is 100 Å². The van der Waals surface area contributed by atoms with E-state index in [0.717, 1.165) is 17.0 Å². The normalized spacial score (nSPS) is 10.7. The molecule has 3 heteroatoms. The maximum atomic E-state index is 5.64. The molecule has 0 spiro atoms. The van der Waals surface area contributed by atoms with Crippen LogP contribution in [0.2, 0.25) is 0 Å². The fourth-order valence-electron chi connectivity index (χ4n) is 1.71. The molecule has 16 heavy (non-hydrogen) atoms. The van der Waals surface area contributed by atoms with Gasteiger partial charge in [0.05, 0.1) is 5.69 Å². The fraction of sp³-hybridized carbons (Fsp3) is 0.308. The van der Waals surface area contributed by atoms with Crippen LogP contribution >= 0.6 is 11.3 Å². The number of hydrogen-bond acceptors (Lipinski definition) is 3. The molecule has 2 nitrogen and oxygen atoms in total. The molecule has 2 rings (SSSR count). The molecule has 1 heterocycles. The summed E-state index contributed by atoms with van der Waals surface area (Å²) in [4.78, 5) is 5.97. The van der Waals surface area contributed by atoms with Crippen molar-refractivity contribution in [2.24, 2.45) is 5.73 Å². The van der Waals surface area contributed by atoms with Gasteiger partial charge in [0.15, 0.2) is 0 Å². The van der Waals surface area contributed by atoms with Gasteiger partial charge in [0, 0.05) is 17.0 Å². The summed E-state index contributed by atoms with van der Waals surface area (Å²) in [5, 5.41) is 1.10. The van der Waals surface area contributed by atoms with Gasteiger partial charge >= 0.3 is 0 Å². The molecule has 0 saturated carbocycles. The topological polar surface area (TPSA) is 38.9 Å². The minimum atomic E-state index is 0.582. The summed E-state index contributed by atoms with van der Waals surface area (Å²) in [5.41, 5.74) is 9.18. The molecule has 2 aromatic rings. The zero-order valence-corrected chi connectivity index (χ0v) is 10.5. The van der Waals surface area contributed by atoms with Gasteiger partial charge in [-0.1, -0.05) is 25.1 Å². The summed E-state index contributed by atoms with van der Waals surface area (Å²) < 4.78 is 0. The van der Waals surface area contributed by atoms with Crippen molar-refractivity contribution in [3.63, 3.8) is 0 Å². The lowest BCUT2D eigenvalue weighted by molar-refractivity contribution is 1.04. The van der Waals surface area contributed by atoms with Crippen LogP contribution in [-0.4, -0.2) is 4.98 Å². The van der Waals surface area contributed by atoms with Crippen molar-refractivity contribution in [1.29, 1.82) is 0 Å². The monoisotopic (exact) mass is 232 g/mol. The van der Waals surface area contributed by atoms with Gasteiger partial charge in [0.25, 0.3) is 0 Å². The number of benzene rings is 1. The van der Waals surface area contributed by atoms with E-state index in [-0.39, 0.29) is 0 Å². The molecular formula is C13H16N2S.